The summed E-state index contributed by atoms with van der Waals surface area (Å²) < 4.78 is 1.10. The van der Waals surface area contributed by atoms with Gasteiger partial charge in [-0.25, -0.2) is 8.39 Å². The van der Waals surface area contributed by atoms with Gasteiger partial charge in [-0.3, -0.25) is 9.78 Å². The SMILES string of the molecule is C=Cc1cn(Br)c(=O)[nH]c1=O. The molecule has 1 aromatic rings. The maximum Gasteiger partial charge on any atom is 0.338 e. The lowest BCUT2D eigenvalue weighted by Crippen LogP contribution is -2.26. The van der Waals surface area contributed by atoms with Crippen molar-refractivity contribution < 1.29 is 0 Å². The standard InChI is InChI=1S/C6H5BrN2O2/c1-2-4-3-9(7)6(11)8-5(4)10/h2-3H,1H2,(H,8,10,11). The first-order chi connectivity index (χ1) is 5.15. The highest BCUT2D eigenvalue weighted by Crippen LogP contribution is 1.91. The van der Waals surface area contributed by atoms with Crippen LogP contribution in [0, 0.1) is 0 Å². The number of hydrogen-bond donors (Lipinski definition) is 1. The monoisotopic (exact) mass is 216 g/mol. The Morgan fingerprint density at radius 1 is 1.64 bits per heavy atom. The molecule has 5 heteroatoms. The molecule has 0 saturated heterocycles. The van der Waals surface area contributed by atoms with Crippen molar-refractivity contribution >= 4 is 22.2 Å². The molecule has 0 amide bonds. The maximum atomic E-state index is 10.9. The third kappa shape index (κ3) is 1.48. The topological polar surface area (TPSA) is 54.9 Å². The molecule has 11 heavy (non-hydrogen) atoms. The smallest absolute Gasteiger partial charge is 0.273 e. The molecule has 4 nitrogen and oxygen atoms in total. The average Bonchev–Trinajstić information content (AvgIpc) is 1.97. The fourth-order valence-corrected chi connectivity index (χ4v) is 0.917. The van der Waals surface area contributed by atoms with Crippen LogP contribution >= 0.6 is 16.1 Å². The molecule has 1 aromatic heterocycles. The zero-order chi connectivity index (χ0) is 8.43. The van der Waals surface area contributed by atoms with Crippen LogP contribution in [-0.2, 0) is 0 Å². The van der Waals surface area contributed by atoms with Crippen molar-refractivity contribution in [1.29, 1.82) is 0 Å². The lowest BCUT2D eigenvalue weighted by Gasteiger charge is -1.93. The van der Waals surface area contributed by atoms with Gasteiger partial charge in [0.15, 0.2) is 0 Å². The van der Waals surface area contributed by atoms with Crippen LogP contribution in [0.15, 0.2) is 22.4 Å². The summed E-state index contributed by atoms with van der Waals surface area (Å²) in [5.41, 5.74) is -0.581. The molecular formula is C6H5BrN2O2. The second kappa shape index (κ2) is 2.87. The Bertz CT molecular complexity index is 390. The fraction of sp³-hybridized carbons (Fsp3) is 0. The highest BCUT2D eigenvalue weighted by molar-refractivity contribution is 9.08. The van der Waals surface area contributed by atoms with Gasteiger partial charge in [-0.2, -0.15) is 0 Å². The Kier molecular flexibility index (Phi) is 2.09. The van der Waals surface area contributed by atoms with Gasteiger partial charge in [-0.05, 0) is 0 Å². The van der Waals surface area contributed by atoms with Crippen LogP contribution < -0.4 is 11.2 Å². The van der Waals surface area contributed by atoms with Gasteiger partial charge in [0.25, 0.3) is 5.56 Å². The van der Waals surface area contributed by atoms with Crippen molar-refractivity contribution in [2.24, 2.45) is 0 Å². The summed E-state index contributed by atoms with van der Waals surface area (Å²) in [6.45, 7) is 3.41. The summed E-state index contributed by atoms with van der Waals surface area (Å²) in [5, 5.41) is 0. The molecule has 1 N–H and O–H groups in total. The largest absolute Gasteiger partial charge is 0.338 e. The molecule has 0 spiro atoms. The molecule has 1 heterocycles. The molecule has 0 saturated carbocycles. The number of nitrogens with one attached hydrogen (secondary N) is 1. The Hall–Kier alpha value is -1.10. The first kappa shape index (κ1) is 8.00. The van der Waals surface area contributed by atoms with Crippen LogP contribution in [0.4, 0.5) is 0 Å². The van der Waals surface area contributed by atoms with Crippen LogP contribution in [0.5, 0.6) is 0 Å². The minimum absolute atomic E-state index is 0.349. The van der Waals surface area contributed by atoms with Crippen LogP contribution in [0.25, 0.3) is 6.08 Å². The number of rotatable bonds is 1. The van der Waals surface area contributed by atoms with Crippen molar-refractivity contribution in [3.63, 3.8) is 0 Å². The Labute approximate surface area is 70.5 Å². The van der Waals surface area contributed by atoms with Crippen molar-refractivity contribution in [1.82, 2.24) is 8.58 Å². The van der Waals surface area contributed by atoms with E-state index in [0.29, 0.717) is 5.56 Å². The van der Waals surface area contributed by atoms with Gasteiger partial charge in [0.1, 0.15) is 0 Å². The van der Waals surface area contributed by atoms with Gasteiger partial charge in [0, 0.05) is 6.20 Å². The molecule has 0 unspecified atom stereocenters. The summed E-state index contributed by atoms with van der Waals surface area (Å²) >= 11 is 2.91. The summed E-state index contributed by atoms with van der Waals surface area (Å²) in [4.78, 5) is 23.7. The molecule has 0 aromatic carbocycles. The Balaban J connectivity index is 3.57. The van der Waals surface area contributed by atoms with Crippen LogP contribution in [0.2, 0.25) is 0 Å². The number of halogens is 1. The van der Waals surface area contributed by atoms with Crippen LogP contribution in [-0.4, -0.2) is 8.58 Å². The molecule has 0 aliphatic rings. The van der Waals surface area contributed by atoms with Crippen molar-refractivity contribution in [3.05, 3.63) is 39.2 Å². The predicted octanol–water partition coefficient (Wildman–Crippen LogP) is 0.338. The molecule has 0 bridgehead atoms. The Morgan fingerprint density at radius 2 is 2.27 bits per heavy atom. The molecule has 58 valence electrons. The first-order valence-electron chi connectivity index (χ1n) is 2.79. The van der Waals surface area contributed by atoms with E-state index < -0.39 is 11.2 Å². The van der Waals surface area contributed by atoms with E-state index in [4.69, 9.17) is 0 Å². The van der Waals surface area contributed by atoms with E-state index in [1.54, 1.807) is 0 Å². The van der Waals surface area contributed by atoms with E-state index in [1.807, 2.05) is 0 Å². The number of hydrogen-bond acceptors (Lipinski definition) is 2. The van der Waals surface area contributed by atoms with Crippen molar-refractivity contribution in [2.75, 3.05) is 0 Å². The second-order valence-electron chi connectivity index (χ2n) is 1.86. The van der Waals surface area contributed by atoms with Gasteiger partial charge >= 0.3 is 5.69 Å². The highest BCUT2D eigenvalue weighted by Gasteiger charge is 1.97. The number of aromatic nitrogens is 2. The third-order valence-corrected chi connectivity index (χ3v) is 1.68. The van der Waals surface area contributed by atoms with Gasteiger partial charge < -0.3 is 0 Å². The predicted molar refractivity (Wildman–Crippen MR) is 45.7 cm³/mol. The van der Waals surface area contributed by atoms with E-state index in [0.717, 1.165) is 3.59 Å². The van der Waals surface area contributed by atoms with Crippen molar-refractivity contribution in [3.8, 4) is 0 Å². The third-order valence-electron chi connectivity index (χ3n) is 1.15. The minimum atomic E-state index is -0.499. The number of H-pyrrole nitrogens is 1. The van der Waals surface area contributed by atoms with Gasteiger partial charge in [0.2, 0.25) is 0 Å². The zero-order valence-electron chi connectivity index (χ0n) is 5.50. The number of nitrogens with zero attached hydrogens (tertiary/aromatic N) is 1. The molecule has 0 radical (unpaired) electrons. The Morgan fingerprint density at radius 3 is 2.82 bits per heavy atom. The maximum absolute atomic E-state index is 10.9. The molecular weight excluding hydrogens is 212 g/mol. The van der Waals surface area contributed by atoms with Gasteiger partial charge in [-0.15, -0.1) is 0 Å². The lowest BCUT2D eigenvalue weighted by atomic mass is 10.3. The molecule has 1 rings (SSSR count). The molecule has 0 atom stereocenters. The van der Waals surface area contributed by atoms with Crippen LogP contribution in [0.3, 0.4) is 0 Å². The van der Waals surface area contributed by atoms with Crippen LogP contribution in [0.1, 0.15) is 5.56 Å². The van der Waals surface area contributed by atoms with E-state index in [1.165, 1.54) is 12.3 Å². The zero-order valence-corrected chi connectivity index (χ0v) is 7.09. The quantitative estimate of drug-likeness (QED) is 0.737. The van der Waals surface area contributed by atoms with Crippen molar-refractivity contribution in [2.45, 2.75) is 0 Å². The molecule has 0 fully saturated rings. The summed E-state index contributed by atoms with van der Waals surface area (Å²) in [6.07, 6.45) is 2.73. The fourth-order valence-electron chi connectivity index (χ4n) is 0.607. The highest BCUT2D eigenvalue weighted by atomic mass is 79.9. The van der Waals surface area contributed by atoms with E-state index in [2.05, 4.69) is 27.7 Å². The number of aromatic amines is 1. The van der Waals surface area contributed by atoms with Gasteiger partial charge in [-0.1, -0.05) is 12.7 Å². The lowest BCUT2D eigenvalue weighted by molar-refractivity contribution is 0.996. The second-order valence-corrected chi connectivity index (χ2v) is 2.62. The average molecular weight is 217 g/mol. The summed E-state index contributed by atoms with van der Waals surface area (Å²) in [5.74, 6) is 0. The van der Waals surface area contributed by atoms with E-state index >= 15 is 0 Å². The molecule has 0 aliphatic carbocycles. The summed E-state index contributed by atoms with van der Waals surface area (Å²) in [6, 6.07) is 0. The first-order valence-corrected chi connectivity index (χ1v) is 3.50. The van der Waals surface area contributed by atoms with E-state index in [9.17, 15) is 9.59 Å². The molecule has 0 aliphatic heterocycles. The minimum Gasteiger partial charge on any atom is -0.273 e. The van der Waals surface area contributed by atoms with Gasteiger partial charge in [0.05, 0.1) is 21.7 Å². The summed E-state index contributed by atoms with van der Waals surface area (Å²) in [7, 11) is 0. The van der Waals surface area contributed by atoms with E-state index in [-0.39, 0.29) is 0 Å². The normalized spacial score (nSPS) is 9.55.